The summed E-state index contributed by atoms with van der Waals surface area (Å²) in [5.74, 6) is 1.52. The van der Waals surface area contributed by atoms with E-state index in [-0.39, 0.29) is 28.1 Å². The molecule has 4 heteroatoms. The van der Waals surface area contributed by atoms with Crippen LogP contribution in [0.4, 0.5) is 0 Å². The number of ketones is 1. The van der Waals surface area contributed by atoms with Crippen LogP contribution < -0.4 is 0 Å². The van der Waals surface area contributed by atoms with Crippen molar-refractivity contribution in [3.63, 3.8) is 0 Å². The van der Waals surface area contributed by atoms with E-state index in [2.05, 4.69) is 13.8 Å². The number of epoxide rings is 1. The third-order valence-electron chi connectivity index (χ3n) is 9.43. The van der Waals surface area contributed by atoms with E-state index in [0.29, 0.717) is 23.7 Å². The maximum Gasteiger partial charge on any atom is 0.169 e. The molecule has 2 aliphatic heterocycles. The fourth-order valence-corrected chi connectivity index (χ4v) is 8.24. The fourth-order valence-electron chi connectivity index (χ4n) is 8.24. The zero-order valence-corrected chi connectivity index (χ0v) is 15.5. The molecule has 138 valence electrons. The summed E-state index contributed by atoms with van der Waals surface area (Å²) in [6, 6.07) is 0. The molecular formula is C21H30O4. The second kappa shape index (κ2) is 4.51. The van der Waals surface area contributed by atoms with Gasteiger partial charge in [0.1, 0.15) is 11.4 Å². The second-order valence-electron chi connectivity index (χ2n) is 10.3. The van der Waals surface area contributed by atoms with Gasteiger partial charge in [-0.25, -0.2) is 0 Å². The van der Waals surface area contributed by atoms with Crippen molar-refractivity contribution in [2.75, 3.05) is 13.2 Å². The van der Waals surface area contributed by atoms with Crippen molar-refractivity contribution in [3.8, 4) is 0 Å². The van der Waals surface area contributed by atoms with E-state index in [1.54, 1.807) is 0 Å². The molecular weight excluding hydrogens is 316 g/mol. The molecule has 6 fully saturated rings. The van der Waals surface area contributed by atoms with Crippen LogP contribution in [0.25, 0.3) is 0 Å². The fraction of sp³-hybridized carbons (Fsp3) is 0.952. The van der Waals surface area contributed by atoms with Gasteiger partial charge in [0.2, 0.25) is 0 Å². The van der Waals surface area contributed by atoms with Gasteiger partial charge in [0.15, 0.2) is 5.79 Å². The summed E-state index contributed by atoms with van der Waals surface area (Å²) in [5.41, 5.74) is 0.383. The normalized spacial score (nSPS) is 58.4. The van der Waals surface area contributed by atoms with Crippen LogP contribution in [0.15, 0.2) is 0 Å². The van der Waals surface area contributed by atoms with Gasteiger partial charge in [-0.1, -0.05) is 13.8 Å². The van der Waals surface area contributed by atoms with Crippen molar-refractivity contribution in [2.45, 2.75) is 82.7 Å². The SMILES string of the molecule is C[C@@]12CCC(=O)[C@@H]1[C@@H]1C[C@@H]3O[C@]34CCC3(C[C@]4(C)[C@H]1CC2)OCCO3. The number of ether oxygens (including phenoxy) is 3. The van der Waals surface area contributed by atoms with Gasteiger partial charge < -0.3 is 14.2 Å². The third kappa shape index (κ3) is 1.73. The number of Topliss-reactive ketones (excluding diaryl/α,β-unsaturated/α-hetero) is 1. The van der Waals surface area contributed by atoms with Crippen molar-refractivity contribution in [2.24, 2.45) is 28.6 Å². The molecule has 6 rings (SSSR count). The first-order valence-electron chi connectivity index (χ1n) is 10.4. The number of rotatable bonds is 0. The van der Waals surface area contributed by atoms with E-state index < -0.39 is 0 Å². The van der Waals surface area contributed by atoms with Gasteiger partial charge in [0, 0.05) is 30.6 Å². The van der Waals surface area contributed by atoms with Crippen molar-refractivity contribution < 1.29 is 19.0 Å². The number of hydrogen-bond donors (Lipinski definition) is 0. The van der Waals surface area contributed by atoms with Gasteiger partial charge in [0.25, 0.3) is 0 Å². The highest BCUT2D eigenvalue weighted by atomic mass is 16.7. The van der Waals surface area contributed by atoms with Crippen LogP contribution >= 0.6 is 0 Å². The van der Waals surface area contributed by atoms with E-state index in [1.165, 1.54) is 12.8 Å². The lowest BCUT2D eigenvalue weighted by Gasteiger charge is -2.59. The maximum absolute atomic E-state index is 12.8. The molecule has 4 saturated carbocycles. The Morgan fingerprint density at radius 3 is 2.64 bits per heavy atom. The lowest BCUT2D eigenvalue weighted by atomic mass is 9.44. The number of carbonyl (C=O) groups is 1. The summed E-state index contributed by atoms with van der Waals surface area (Å²) < 4.78 is 18.7. The highest BCUT2D eigenvalue weighted by Gasteiger charge is 2.78. The molecule has 0 radical (unpaired) electrons. The molecule has 2 spiro atoms. The standard InChI is InChI=1S/C21H30O4/c1-18-5-3-14-13(17(18)15(22)4-6-18)11-16-21(25-16)8-7-20(12-19(14,21)2)23-9-10-24-20/h13-14,16-17H,3-12H2,1-2H3/t13-,14+,16+,17+,18-,19-,21-/m1/s1. The molecule has 0 bridgehead atoms. The number of carbonyl (C=O) groups excluding carboxylic acids is 1. The summed E-state index contributed by atoms with van der Waals surface area (Å²) in [6.45, 7) is 6.27. The first kappa shape index (κ1) is 15.6. The zero-order chi connectivity index (χ0) is 17.1. The average Bonchev–Trinajstić information content (AvgIpc) is 2.95. The number of hydrogen-bond acceptors (Lipinski definition) is 4. The Labute approximate surface area is 150 Å². The quantitative estimate of drug-likeness (QED) is 0.630. The first-order chi connectivity index (χ1) is 11.9. The van der Waals surface area contributed by atoms with Gasteiger partial charge in [-0.2, -0.15) is 0 Å². The van der Waals surface area contributed by atoms with Gasteiger partial charge in [0.05, 0.1) is 19.3 Å². The van der Waals surface area contributed by atoms with E-state index in [9.17, 15) is 4.79 Å². The Kier molecular flexibility index (Phi) is 2.81. The highest BCUT2D eigenvalue weighted by Crippen LogP contribution is 2.74. The van der Waals surface area contributed by atoms with Gasteiger partial charge in [-0.05, 0) is 49.4 Å². The summed E-state index contributed by atoms with van der Waals surface area (Å²) in [5, 5.41) is 0. The summed E-state index contributed by atoms with van der Waals surface area (Å²) >= 11 is 0. The smallest absolute Gasteiger partial charge is 0.169 e. The predicted molar refractivity (Wildman–Crippen MR) is 90.9 cm³/mol. The molecule has 4 aliphatic carbocycles. The first-order valence-corrected chi connectivity index (χ1v) is 10.4. The van der Waals surface area contributed by atoms with Crippen LogP contribution in [-0.2, 0) is 19.0 Å². The molecule has 7 atom stereocenters. The summed E-state index contributed by atoms with van der Waals surface area (Å²) in [4.78, 5) is 12.8. The molecule has 0 N–H and O–H groups in total. The van der Waals surface area contributed by atoms with Crippen molar-refractivity contribution in [1.82, 2.24) is 0 Å². The molecule has 0 aromatic heterocycles. The molecule has 2 saturated heterocycles. The van der Waals surface area contributed by atoms with E-state index in [1.807, 2.05) is 0 Å². The zero-order valence-electron chi connectivity index (χ0n) is 15.5. The minimum atomic E-state index is -0.376. The lowest BCUT2D eigenvalue weighted by Crippen LogP contribution is -2.61. The molecule has 25 heavy (non-hydrogen) atoms. The summed E-state index contributed by atoms with van der Waals surface area (Å²) in [6.07, 6.45) is 8.82. The average molecular weight is 346 g/mol. The lowest BCUT2D eigenvalue weighted by molar-refractivity contribution is -0.234. The minimum Gasteiger partial charge on any atom is -0.365 e. The molecule has 0 aromatic rings. The Morgan fingerprint density at radius 1 is 1.04 bits per heavy atom. The largest absolute Gasteiger partial charge is 0.365 e. The maximum atomic E-state index is 12.8. The highest BCUT2D eigenvalue weighted by molar-refractivity contribution is 5.84. The second-order valence-corrected chi connectivity index (χ2v) is 10.3. The Bertz CT molecular complexity index is 640. The Balaban J connectivity index is 1.40. The topological polar surface area (TPSA) is 48.1 Å². The summed E-state index contributed by atoms with van der Waals surface area (Å²) in [7, 11) is 0. The molecule has 6 aliphatic rings. The van der Waals surface area contributed by atoms with Crippen LogP contribution in [0.3, 0.4) is 0 Å². The third-order valence-corrected chi connectivity index (χ3v) is 9.43. The molecule has 0 aromatic carbocycles. The predicted octanol–water partition coefficient (Wildman–Crippen LogP) is 3.47. The monoisotopic (exact) mass is 346 g/mol. The minimum absolute atomic E-state index is 0.0458. The van der Waals surface area contributed by atoms with E-state index in [4.69, 9.17) is 14.2 Å². The van der Waals surface area contributed by atoms with Gasteiger partial charge >= 0.3 is 0 Å². The van der Waals surface area contributed by atoms with Crippen LogP contribution in [0.1, 0.15) is 65.2 Å². The van der Waals surface area contributed by atoms with Crippen LogP contribution in [0.2, 0.25) is 0 Å². The Morgan fingerprint density at radius 2 is 1.84 bits per heavy atom. The molecule has 4 nitrogen and oxygen atoms in total. The van der Waals surface area contributed by atoms with Crippen LogP contribution in [-0.4, -0.2) is 36.5 Å². The van der Waals surface area contributed by atoms with Gasteiger partial charge in [-0.15, -0.1) is 0 Å². The Hall–Kier alpha value is -0.450. The van der Waals surface area contributed by atoms with Crippen LogP contribution in [0, 0.1) is 28.6 Å². The van der Waals surface area contributed by atoms with Gasteiger partial charge in [-0.3, -0.25) is 4.79 Å². The van der Waals surface area contributed by atoms with Crippen molar-refractivity contribution in [1.29, 1.82) is 0 Å². The molecule has 0 amide bonds. The number of fused-ring (bicyclic) bond motifs is 4. The van der Waals surface area contributed by atoms with Crippen LogP contribution in [0.5, 0.6) is 0 Å². The van der Waals surface area contributed by atoms with Crippen molar-refractivity contribution >= 4 is 5.78 Å². The van der Waals surface area contributed by atoms with Crippen molar-refractivity contribution in [3.05, 3.63) is 0 Å². The van der Waals surface area contributed by atoms with E-state index in [0.717, 1.165) is 51.7 Å². The molecule has 0 unspecified atom stereocenters. The molecule has 2 heterocycles. The van der Waals surface area contributed by atoms with E-state index >= 15 is 0 Å².